The Bertz CT molecular complexity index is 1230. The van der Waals surface area contributed by atoms with Crippen LogP contribution in [0.2, 0.25) is 0 Å². The molecule has 0 saturated heterocycles. The molecular weight excluding hydrogens is 495 g/mol. The summed E-state index contributed by atoms with van der Waals surface area (Å²) in [5.74, 6) is -0.556. The number of ether oxygens (including phenoxy) is 2. The number of rotatable bonds is 8. The van der Waals surface area contributed by atoms with Crippen molar-refractivity contribution in [3.8, 4) is 22.8 Å². The van der Waals surface area contributed by atoms with Crippen LogP contribution in [0.3, 0.4) is 0 Å². The maximum Gasteiger partial charge on any atom is 0.310 e. The number of carbonyl (C=O) groups is 1. The van der Waals surface area contributed by atoms with Gasteiger partial charge in [0.2, 0.25) is 5.88 Å². The Hall–Kier alpha value is -3.41. The van der Waals surface area contributed by atoms with Crippen molar-refractivity contribution in [2.24, 2.45) is 0 Å². The highest BCUT2D eigenvalue weighted by molar-refractivity contribution is 8.45. The van der Waals surface area contributed by atoms with Crippen LogP contribution in [0, 0.1) is 0 Å². The van der Waals surface area contributed by atoms with E-state index in [0.29, 0.717) is 17.5 Å². The fraction of sp³-hybridized carbons (Fsp3) is 0.261. The van der Waals surface area contributed by atoms with Gasteiger partial charge in [-0.3, -0.25) is 9.59 Å². The van der Waals surface area contributed by atoms with Crippen molar-refractivity contribution in [1.82, 2.24) is 9.55 Å². The Morgan fingerprint density at radius 3 is 2.26 bits per heavy atom. The van der Waals surface area contributed by atoms with E-state index in [4.69, 9.17) is 9.47 Å². The molecule has 0 saturated carbocycles. The van der Waals surface area contributed by atoms with Crippen molar-refractivity contribution in [2.75, 3.05) is 6.61 Å². The van der Waals surface area contributed by atoms with E-state index in [0.717, 1.165) is 12.1 Å². The maximum atomic E-state index is 12.9. The van der Waals surface area contributed by atoms with E-state index in [-0.39, 0.29) is 42.5 Å². The van der Waals surface area contributed by atoms with Crippen molar-refractivity contribution in [2.45, 2.75) is 38.6 Å². The summed E-state index contributed by atoms with van der Waals surface area (Å²) < 4.78 is 76.3. The zero-order valence-corrected chi connectivity index (χ0v) is 20.0. The zero-order valence-electron chi connectivity index (χ0n) is 19.2. The van der Waals surface area contributed by atoms with Crippen LogP contribution >= 0.6 is 10.2 Å². The zero-order chi connectivity index (χ0) is 26.3. The molecule has 0 bridgehead atoms. The molecular formula is C23H25F5N2O4S. The largest absolute Gasteiger partial charge is 0.466 e. The molecule has 3 aromatic rings. The quantitative estimate of drug-likeness (QED) is 0.177. The fourth-order valence-electron chi connectivity index (χ4n) is 2.88. The van der Waals surface area contributed by atoms with Crippen LogP contribution < -0.4 is 10.3 Å². The van der Waals surface area contributed by atoms with Gasteiger partial charge in [-0.1, -0.05) is 33.3 Å². The molecule has 0 fully saturated rings. The molecule has 0 atom stereocenters. The van der Waals surface area contributed by atoms with Crippen molar-refractivity contribution in [1.29, 1.82) is 0 Å². The average Bonchev–Trinajstić information content (AvgIpc) is 2.78. The molecule has 0 aliphatic carbocycles. The van der Waals surface area contributed by atoms with E-state index >= 15 is 0 Å². The highest BCUT2D eigenvalue weighted by atomic mass is 32.5. The minimum Gasteiger partial charge on any atom is -0.466 e. The molecule has 0 amide bonds. The van der Waals surface area contributed by atoms with Gasteiger partial charge in [-0.05, 0) is 48.9 Å². The Morgan fingerprint density at radius 2 is 1.66 bits per heavy atom. The van der Waals surface area contributed by atoms with E-state index in [1.54, 1.807) is 12.1 Å². The summed E-state index contributed by atoms with van der Waals surface area (Å²) in [7, 11) is -9.79. The number of aromatic nitrogens is 2. The summed E-state index contributed by atoms with van der Waals surface area (Å²) >= 11 is 0. The minimum absolute atomic E-state index is 0.00250. The van der Waals surface area contributed by atoms with E-state index in [1.807, 2.05) is 13.8 Å². The first-order valence-electron chi connectivity index (χ1n) is 10.5. The minimum atomic E-state index is -9.79. The lowest BCUT2D eigenvalue weighted by atomic mass is 10.1. The molecule has 2 heterocycles. The molecule has 0 radical (unpaired) electrons. The molecule has 0 unspecified atom stereocenters. The molecule has 12 heteroatoms. The Labute approximate surface area is 199 Å². The molecule has 3 rings (SSSR count). The van der Waals surface area contributed by atoms with Gasteiger partial charge < -0.3 is 14.0 Å². The molecule has 0 aliphatic rings. The standard InChI is InChI=1S/C21H19F5N2O4S.C2H6/c1-15(29)31-13-3-12-28-14-16(5-10-20(28)30)19-4-2-11-27-21(19)32-17-6-8-18(9-7-17)33(22,23,24,25)26;1-2/h2,4-11,14H,3,12-13H2,1H3;1-2H3. The van der Waals surface area contributed by atoms with Gasteiger partial charge in [-0.15, -0.1) is 0 Å². The average molecular weight is 521 g/mol. The third kappa shape index (κ3) is 8.09. The first kappa shape index (κ1) is 27.8. The summed E-state index contributed by atoms with van der Waals surface area (Å²) in [6.07, 6.45) is 3.33. The summed E-state index contributed by atoms with van der Waals surface area (Å²) in [4.78, 5) is 25.0. The van der Waals surface area contributed by atoms with E-state index in [2.05, 4.69) is 4.98 Å². The van der Waals surface area contributed by atoms with Crippen LogP contribution in [0.4, 0.5) is 19.4 Å². The lowest BCUT2D eigenvalue weighted by molar-refractivity contribution is -0.141. The third-order valence-electron chi connectivity index (χ3n) is 4.40. The second kappa shape index (κ2) is 10.1. The molecule has 35 heavy (non-hydrogen) atoms. The number of halogens is 5. The van der Waals surface area contributed by atoms with Crippen molar-refractivity contribution >= 4 is 16.2 Å². The normalized spacial score (nSPS) is 13.0. The lowest BCUT2D eigenvalue weighted by Crippen LogP contribution is -2.19. The number of hydrogen-bond acceptors (Lipinski definition) is 5. The summed E-state index contributed by atoms with van der Waals surface area (Å²) in [6.45, 7) is 5.69. The second-order valence-electron chi connectivity index (χ2n) is 7.04. The molecule has 1 aromatic carbocycles. The number of carbonyl (C=O) groups excluding carboxylic acids is 1. The van der Waals surface area contributed by atoms with Crippen LogP contribution in [-0.2, 0) is 16.1 Å². The van der Waals surface area contributed by atoms with Crippen LogP contribution in [0.1, 0.15) is 27.2 Å². The van der Waals surface area contributed by atoms with Gasteiger partial charge in [-0.25, -0.2) is 4.98 Å². The summed E-state index contributed by atoms with van der Waals surface area (Å²) in [6, 6.07) is 8.12. The lowest BCUT2D eigenvalue weighted by Gasteiger charge is -2.40. The van der Waals surface area contributed by atoms with Gasteiger partial charge >= 0.3 is 16.2 Å². The Balaban J connectivity index is 0.00000210. The fourth-order valence-corrected chi connectivity index (χ4v) is 3.53. The molecule has 2 aromatic heterocycles. The number of esters is 1. The highest BCUT2D eigenvalue weighted by Crippen LogP contribution is 3.02. The molecule has 0 N–H and O–H groups in total. The van der Waals surface area contributed by atoms with E-state index in [1.165, 1.54) is 36.0 Å². The molecule has 0 aliphatic heterocycles. The van der Waals surface area contributed by atoms with Crippen LogP contribution in [0.5, 0.6) is 11.6 Å². The topological polar surface area (TPSA) is 70.4 Å². The number of nitrogens with zero attached hydrogens (tertiary/aromatic N) is 2. The predicted molar refractivity (Wildman–Crippen MR) is 124 cm³/mol. The van der Waals surface area contributed by atoms with Gasteiger partial charge in [-0.2, -0.15) is 0 Å². The number of aryl methyl sites for hydroxylation is 1. The SMILES string of the molecule is CC.CC(=O)OCCCn1cc(-c2cccnc2Oc2ccc(S(F)(F)(F)(F)F)cc2)ccc1=O. The monoisotopic (exact) mass is 520 g/mol. The van der Waals surface area contributed by atoms with Gasteiger partial charge in [0.05, 0.1) is 6.61 Å². The van der Waals surface area contributed by atoms with Crippen LogP contribution in [0.25, 0.3) is 11.1 Å². The number of hydrogen-bond donors (Lipinski definition) is 0. The van der Waals surface area contributed by atoms with Gasteiger partial charge in [0.25, 0.3) is 5.56 Å². The number of benzene rings is 1. The van der Waals surface area contributed by atoms with Crippen LogP contribution in [0.15, 0.2) is 70.6 Å². The Kier molecular flexibility index (Phi) is 8.00. The highest BCUT2D eigenvalue weighted by Gasteiger charge is 2.65. The Morgan fingerprint density at radius 1 is 1.00 bits per heavy atom. The van der Waals surface area contributed by atoms with Crippen LogP contribution in [-0.4, -0.2) is 22.1 Å². The number of pyridine rings is 2. The third-order valence-corrected chi connectivity index (χ3v) is 5.56. The predicted octanol–water partition coefficient (Wildman–Crippen LogP) is 7.34. The first-order chi connectivity index (χ1) is 16.2. The van der Waals surface area contributed by atoms with E-state index in [9.17, 15) is 29.0 Å². The van der Waals surface area contributed by atoms with Gasteiger partial charge in [0.1, 0.15) is 10.6 Å². The smallest absolute Gasteiger partial charge is 0.310 e. The van der Waals surface area contributed by atoms with Gasteiger partial charge in [0, 0.05) is 43.1 Å². The second-order valence-corrected chi connectivity index (χ2v) is 9.45. The van der Waals surface area contributed by atoms with E-state index < -0.39 is 21.1 Å². The molecule has 0 spiro atoms. The van der Waals surface area contributed by atoms with Gasteiger partial charge in [0.15, 0.2) is 0 Å². The molecule has 192 valence electrons. The van der Waals surface area contributed by atoms with Crippen molar-refractivity contribution in [3.63, 3.8) is 0 Å². The maximum absolute atomic E-state index is 12.9. The first-order valence-corrected chi connectivity index (χ1v) is 12.5. The molecule has 6 nitrogen and oxygen atoms in total. The van der Waals surface area contributed by atoms with Crippen molar-refractivity contribution < 1.29 is 33.7 Å². The summed E-state index contributed by atoms with van der Waals surface area (Å²) in [5, 5.41) is 0. The van der Waals surface area contributed by atoms with Crippen molar-refractivity contribution in [3.05, 3.63) is 71.3 Å². The summed E-state index contributed by atoms with van der Waals surface area (Å²) in [5.41, 5.74) is 0.649.